The number of carbonyl (C=O) groups is 1. The van der Waals surface area contributed by atoms with Crippen molar-refractivity contribution in [2.45, 2.75) is 38.5 Å². The molecule has 0 aromatic carbocycles. The topological polar surface area (TPSA) is 84.7 Å². The van der Waals surface area contributed by atoms with Crippen molar-refractivity contribution in [2.75, 3.05) is 13.1 Å². The van der Waals surface area contributed by atoms with Crippen molar-refractivity contribution in [2.24, 2.45) is 0 Å². The molecule has 0 saturated carbocycles. The van der Waals surface area contributed by atoms with Gasteiger partial charge in [-0.2, -0.15) is 13.2 Å². The predicted octanol–water partition coefficient (Wildman–Crippen LogP) is 2.34. The first-order chi connectivity index (χ1) is 11.9. The van der Waals surface area contributed by atoms with E-state index in [1.165, 1.54) is 0 Å². The average Bonchev–Trinajstić information content (AvgIpc) is 3.20. The van der Waals surface area contributed by atoms with E-state index in [0.29, 0.717) is 5.69 Å². The number of amides is 1. The van der Waals surface area contributed by atoms with E-state index >= 15 is 0 Å². The van der Waals surface area contributed by atoms with Crippen molar-refractivity contribution in [3.8, 4) is 0 Å². The number of nitrogens with one attached hydrogen (secondary N) is 2. The van der Waals surface area contributed by atoms with Gasteiger partial charge < -0.3 is 10.6 Å². The van der Waals surface area contributed by atoms with Crippen LogP contribution in [0.1, 0.15) is 45.8 Å². The van der Waals surface area contributed by atoms with Gasteiger partial charge in [0.05, 0.1) is 18.3 Å². The molecule has 1 saturated heterocycles. The van der Waals surface area contributed by atoms with Crippen LogP contribution in [0.25, 0.3) is 0 Å². The summed E-state index contributed by atoms with van der Waals surface area (Å²) in [5.74, 6) is -0.471. The lowest BCUT2D eigenvalue weighted by molar-refractivity contribution is -0.140. The Bertz CT molecular complexity index is 756. The number of piperidine rings is 1. The standard InChI is InChI=1S/C14H17F3N6OS.ClH/c1-8-12(21-22-23(8)9-2-4-18-5-3-9)13(24)19-6-11-20-10(7-25-11)14(15,16)17;/h7,9,18H,2-6H2,1H3,(H,19,24);1H. The summed E-state index contributed by atoms with van der Waals surface area (Å²) < 4.78 is 39.3. The van der Waals surface area contributed by atoms with Gasteiger partial charge in [0.15, 0.2) is 11.4 Å². The third kappa shape index (κ3) is 4.51. The van der Waals surface area contributed by atoms with E-state index in [-0.39, 0.29) is 35.7 Å². The van der Waals surface area contributed by atoms with Crippen LogP contribution in [-0.4, -0.2) is 39.0 Å². The van der Waals surface area contributed by atoms with Gasteiger partial charge in [0.1, 0.15) is 5.01 Å². The number of nitrogens with zero attached hydrogens (tertiary/aromatic N) is 4. The fourth-order valence-corrected chi connectivity index (χ4v) is 3.45. The zero-order valence-corrected chi connectivity index (χ0v) is 15.5. The Hall–Kier alpha value is -1.72. The molecule has 7 nitrogen and oxygen atoms in total. The second-order valence-electron chi connectivity index (χ2n) is 5.76. The van der Waals surface area contributed by atoms with Gasteiger partial charge in [-0.3, -0.25) is 4.79 Å². The summed E-state index contributed by atoms with van der Waals surface area (Å²) in [5.41, 5.74) is -0.111. The van der Waals surface area contributed by atoms with Crippen LogP contribution in [0, 0.1) is 6.92 Å². The van der Waals surface area contributed by atoms with Crippen molar-refractivity contribution in [1.82, 2.24) is 30.6 Å². The molecule has 0 bridgehead atoms. The second-order valence-corrected chi connectivity index (χ2v) is 6.70. The van der Waals surface area contributed by atoms with Gasteiger partial charge in [-0.15, -0.1) is 28.8 Å². The van der Waals surface area contributed by atoms with E-state index in [2.05, 4.69) is 25.9 Å². The number of aromatic nitrogens is 4. The third-order valence-electron chi connectivity index (χ3n) is 4.04. The quantitative estimate of drug-likeness (QED) is 0.808. The molecule has 1 aliphatic heterocycles. The van der Waals surface area contributed by atoms with E-state index in [1.807, 2.05) is 0 Å². The minimum atomic E-state index is -4.48. The van der Waals surface area contributed by atoms with Crippen molar-refractivity contribution < 1.29 is 18.0 Å². The molecule has 26 heavy (non-hydrogen) atoms. The molecule has 0 aliphatic carbocycles. The van der Waals surface area contributed by atoms with Gasteiger partial charge in [0.2, 0.25) is 0 Å². The Balaban J connectivity index is 0.00000243. The molecule has 3 rings (SSSR count). The van der Waals surface area contributed by atoms with Crippen molar-refractivity contribution in [3.05, 3.63) is 27.5 Å². The van der Waals surface area contributed by atoms with Gasteiger partial charge in [-0.05, 0) is 32.9 Å². The Morgan fingerprint density at radius 2 is 2.12 bits per heavy atom. The fourth-order valence-electron chi connectivity index (χ4n) is 2.71. The maximum atomic E-state index is 12.5. The Morgan fingerprint density at radius 1 is 1.42 bits per heavy atom. The number of halogens is 4. The first-order valence-electron chi connectivity index (χ1n) is 7.78. The van der Waals surface area contributed by atoms with Gasteiger partial charge >= 0.3 is 6.18 Å². The van der Waals surface area contributed by atoms with Crippen LogP contribution in [0.3, 0.4) is 0 Å². The molecule has 2 aromatic heterocycles. The fraction of sp³-hybridized carbons (Fsp3) is 0.571. The first-order valence-corrected chi connectivity index (χ1v) is 8.66. The molecular formula is C14H18ClF3N6OS. The van der Waals surface area contributed by atoms with Gasteiger partial charge in [-0.1, -0.05) is 5.21 Å². The predicted molar refractivity (Wildman–Crippen MR) is 91.4 cm³/mol. The van der Waals surface area contributed by atoms with E-state index in [9.17, 15) is 18.0 Å². The van der Waals surface area contributed by atoms with E-state index in [0.717, 1.165) is 42.6 Å². The monoisotopic (exact) mass is 410 g/mol. The molecule has 0 atom stereocenters. The van der Waals surface area contributed by atoms with Crippen LogP contribution in [0.5, 0.6) is 0 Å². The molecule has 2 N–H and O–H groups in total. The number of hydrogen-bond donors (Lipinski definition) is 2. The Morgan fingerprint density at radius 3 is 2.73 bits per heavy atom. The normalized spacial score (nSPS) is 15.5. The Kier molecular flexibility index (Phi) is 6.58. The van der Waals surface area contributed by atoms with Gasteiger partial charge in [0, 0.05) is 5.38 Å². The lowest BCUT2D eigenvalue weighted by Gasteiger charge is -2.23. The van der Waals surface area contributed by atoms with Crippen LogP contribution in [-0.2, 0) is 12.7 Å². The molecule has 0 unspecified atom stereocenters. The largest absolute Gasteiger partial charge is 0.434 e. The minimum Gasteiger partial charge on any atom is -0.344 e. The summed E-state index contributed by atoms with van der Waals surface area (Å²) in [5, 5.41) is 14.9. The van der Waals surface area contributed by atoms with Crippen LogP contribution < -0.4 is 10.6 Å². The SMILES string of the molecule is Cc1c(C(=O)NCc2nc(C(F)(F)F)cs2)nnn1C1CCNCC1.Cl. The Labute approximate surface area is 157 Å². The highest BCUT2D eigenvalue weighted by Gasteiger charge is 2.33. The highest BCUT2D eigenvalue weighted by atomic mass is 35.5. The van der Waals surface area contributed by atoms with Crippen LogP contribution in [0.2, 0.25) is 0 Å². The summed E-state index contributed by atoms with van der Waals surface area (Å²) in [4.78, 5) is 15.7. The highest BCUT2D eigenvalue weighted by Crippen LogP contribution is 2.30. The summed E-state index contributed by atoms with van der Waals surface area (Å²) >= 11 is 0.852. The summed E-state index contributed by atoms with van der Waals surface area (Å²) in [6, 6.07) is 0.198. The maximum Gasteiger partial charge on any atom is 0.434 e. The zero-order chi connectivity index (χ0) is 18.0. The lowest BCUT2D eigenvalue weighted by Crippen LogP contribution is -2.30. The maximum absolute atomic E-state index is 12.5. The van der Waals surface area contributed by atoms with Gasteiger partial charge in [0.25, 0.3) is 5.91 Å². The molecule has 1 fully saturated rings. The van der Waals surface area contributed by atoms with E-state index in [1.54, 1.807) is 11.6 Å². The third-order valence-corrected chi connectivity index (χ3v) is 4.89. The highest BCUT2D eigenvalue weighted by molar-refractivity contribution is 7.09. The van der Waals surface area contributed by atoms with E-state index in [4.69, 9.17) is 0 Å². The summed E-state index contributed by atoms with van der Waals surface area (Å²) in [6.07, 6.45) is -2.66. The average molecular weight is 411 g/mol. The molecule has 2 aromatic rings. The number of hydrogen-bond acceptors (Lipinski definition) is 6. The number of alkyl halides is 3. The number of carbonyl (C=O) groups excluding carboxylic acids is 1. The molecule has 0 spiro atoms. The molecule has 144 valence electrons. The molecule has 3 heterocycles. The van der Waals surface area contributed by atoms with Crippen molar-refractivity contribution in [1.29, 1.82) is 0 Å². The van der Waals surface area contributed by atoms with Gasteiger partial charge in [-0.25, -0.2) is 9.67 Å². The molecule has 1 amide bonds. The molecule has 0 radical (unpaired) electrons. The summed E-state index contributed by atoms with van der Waals surface area (Å²) in [6.45, 7) is 3.45. The smallest absolute Gasteiger partial charge is 0.344 e. The second kappa shape index (κ2) is 8.31. The zero-order valence-electron chi connectivity index (χ0n) is 13.8. The molecule has 12 heteroatoms. The van der Waals surface area contributed by atoms with E-state index < -0.39 is 17.8 Å². The first kappa shape index (κ1) is 20.6. The molecular weight excluding hydrogens is 393 g/mol. The number of thiazole rings is 1. The molecule has 1 aliphatic rings. The van der Waals surface area contributed by atoms with Crippen molar-refractivity contribution in [3.63, 3.8) is 0 Å². The lowest BCUT2D eigenvalue weighted by atomic mass is 10.1. The minimum absolute atomic E-state index is 0. The van der Waals surface area contributed by atoms with Crippen LogP contribution in [0.4, 0.5) is 13.2 Å². The number of rotatable bonds is 4. The summed E-state index contributed by atoms with van der Waals surface area (Å²) in [7, 11) is 0. The van der Waals surface area contributed by atoms with Crippen LogP contribution >= 0.6 is 23.7 Å². The van der Waals surface area contributed by atoms with Crippen LogP contribution in [0.15, 0.2) is 5.38 Å². The van der Waals surface area contributed by atoms with Crippen molar-refractivity contribution >= 4 is 29.7 Å².